The van der Waals surface area contributed by atoms with Crippen LogP contribution in [-0.4, -0.2) is 17.6 Å². The second-order valence-corrected chi connectivity index (χ2v) is 6.63. The van der Waals surface area contributed by atoms with Gasteiger partial charge in [-0.1, -0.05) is 46.3 Å². The molecule has 5 heteroatoms. The van der Waals surface area contributed by atoms with Crippen LogP contribution >= 0.6 is 15.9 Å². The van der Waals surface area contributed by atoms with Gasteiger partial charge in [-0.3, -0.25) is 4.79 Å². The molecule has 0 saturated carbocycles. The molecule has 0 fully saturated rings. The number of carbonyl (C=O) groups is 1. The SMILES string of the molecule is Cc1ccc(CN2C(=O)CC(CO)=C(Br)c3ccccc32)cc1F. The Kier molecular flexibility index (Phi) is 4.83. The maximum atomic E-state index is 13.8. The zero-order valence-electron chi connectivity index (χ0n) is 13.2. The molecule has 3 nitrogen and oxygen atoms in total. The number of amides is 1. The van der Waals surface area contributed by atoms with Crippen molar-refractivity contribution in [3.63, 3.8) is 0 Å². The molecule has 2 aromatic rings. The molecule has 0 saturated heterocycles. The quantitative estimate of drug-likeness (QED) is 0.855. The van der Waals surface area contributed by atoms with Gasteiger partial charge in [-0.25, -0.2) is 4.39 Å². The van der Waals surface area contributed by atoms with Crippen LogP contribution in [0.4, 0.5) is 10.1 Å². The average molecular weight is 390 g/mol. The lowest BCUT2D eigenvalue weighted by Gasteiger charge is -2.23. The number of hydrogen-bond donors (Lipinski definition) is 1. The minimum atomic E-state index is -0.279. The van der Waals surface area contributed by atoms with Gasteiger partial charge in [-0.15, -0.1) is 0 Å². The number of hydrogen-bond acceptors (Lipinski definition) is 2. The van der Waals surface area contributed by atoms with Gasteiger partial charge in [0, 0.05) is 10.0 Å². The van der Waals surface area contributed by atoms with Gasteiger partial charge < -0.3 is 10.0 Å². The fourth-order valence-corrected chi connectivity index (χ4v) is 3.39. The molecule has 0 atom stereocenters. The normalized spacial score (nSPS) is 14.7. The highest BCUT2D eigenvalue weighted by atomic mass is 79.9. The summed E-state index contributed by atoms with van der Waals surface area (Å²) in [4.78, 5) is 14.4. The van der Waals surface area contributed by atoms with Crippen LogP contribution in [0.5, 0.6) is 0 Å². The van der Waals surface area contributed by atoms with Gasteiger partial charge >= 0.3 is 0 Å². The molecule has 1 aliphatic heterocycles. The van der Waals surface area contributed by atoms with Crippen LogP contribution in [0.25, 0.3) is 4.48 Å². The minimum Gasteiger partial charge on any atom is -0.392 e. The minimum absolute atomic E-state index is 0.123. The summed E-state index contributed by atoms with van der Waals surface area (Å²) >= 11 is 3.51. The molecule has 1 aliphatic rings. The Hall–Kier alpha value is -1.98. The molecule has 124 valence electrons. The highest BCUT2D eigenvalue weighted by molar-refractivity contribution is 9.15. The molecule has 0 spiro atoms. The molecular formula is C19H17BrFNO2. The van der Waals surface area contributed by atoms with Crippen molar-refractivity contribution in [1.82, 2.24) is 0 Å². The number of aryl methyl sites for hydroxylation is 1. The fraction of sp³-hybridized carbons (Fsp3) is 0.211. The van der Waals surface area contributed by atoms with E-state index in [4.69, 9.17) is 0 Å². The molecule has 1 N–H and O–H groups in total. The summed E-state index contributed by atoms with van der Waals surface area (Å²) in [7, 11) is 0. The highest BCUT2D eigenvalue weighted by Crippen LogP contribution is 2.38. The second-order valence-electron chi connectivity index (χ2n) is 5.83. The Labute approximate surface area is 148 Å². The number of rotatable bonds is 3. The van der Waals surface area contributed by atoms with E-state index in [-0.39, 0.29) is 31.3 Å². The van der Waals surface area contributed by atoms with Crippen molar-refractivity contribution < 1.29 is 14.3 Å². The summed E-state index contributed by atoms with van der Waals surface area (Å²) < 4.78 is 14.6. The smallest absolute Gasteiger partial charge is 0.231 e. The lowest BCUT2D eigenvalue weighted by atomic mass is 10.1. The van der Waals surface area contributed by atoms with Crippen LogP contribution in [0.2, 0.25) is 0 Å². The number of para-hydroxylation sites is 1. The van der Waals surface area contributed by atoms with E-state index in [9.17, 15) is 14.3 Å². The van der Waals surface area contributed by atoms with E-state index in [2.05, 4.69) is 15.9 Å². The zero-order valence-corrected chi connectivity index (χ0v) is 14.8. The van der Waals surface area contributed by atoms with Crippen LogP contribution in [-0.2, 0) is 11.3 Å². The summed E-state index contributed by atoms with van der Waals surface area (Å²) in [6.45, 7) is 1.81. The van der Waals surface area contributed by atoms with Crippen LogP contribution in [0.3, 0.4) is 0 Å². The zero-order chi connectivity index (χ0) is 17.3. The first kappa shape index (κ1) is 16.9. The molecule has 0 bridgehead atoms. The van der Waals surface area contributed by atoms with E-state index in [1.807, 2.05) is 30.3 Å². The van der Waals surface area contributed by atoms with E-state index in [0.717, 1.165) is 21.3 Å². The Morgan fingerprint density at radius 1 is 1.25 bits per heavy atom. The van der Waals surface area contributed by atoms with Gasteiger partial charge in [-0.05, 0) is 35.8 Å². The van der Waals surface area contributed by atoms with E-state index in [1.54, 1.807) is 17.9 Å². The predicted molar refractivity (Wildman–Crippen MR) is 96.3 cm³/mol. The molecular weight excluding hydrogens is 373 g/mol. The van der Waals surface area contributed by atoms with Crippen molar-refractivity contribution in [2.24, 2.45) is 0 Å². The Morgan fingerprint density at radius 3 is 2.71 bits per heavy atom. The molecule has 0 unspecified atom stereocenters. The monoisotopic (exact) mass is 389 g/mol. The number of benzene rings is 2. The van der Waals surface area contributed by atoms with Crippen LogP contribution in [0, 0.1) is 12.7 Å². The van der Waals surface area contributed by atoms with Gasteiger partial charge in [0.2, 0.25) is 5.91 Å². The Bertz CT molecular complexity index is 832. The summed E-state index contributed by atoms with van der Waals surface area (Å²) in [5.41, 5.74) is 3.54. The molecule has 3 rings (SSSR count). The summed E-state index contributed by atoms with van der Waals surface area (Å²) in [5.74, 6) is -0.402. The van der Waals surface area contributed by atoms with E-state index in [1.165, 1.54) is 6.07 Å². The van der Waals surface area contributed by atoms with Gasteiger partial charge in [0.1, 0.15) is 5.82 Å². The third-order valence-electron chi connectivity index (χ3n) is 4.18. The largest absolute Gasteiger partial charge is 0.392 e. The molecule has 0 radical (unpaired) electrons. The van der Waals surface area contributed by atoms with Crippen molar-refractivity contribution in [2.45, 2.75) is 19.9 Å². The standard InChI is InChI=1S/C19H17BrFNO2/c1-12-6-7-13(8-16(12)21)10-22-17-5-3-2-4-15(17)19(20)14(11-23)9-18(22)24/h2-8,23H,9-11H2,1H3. The van der Waals surface area contributed by atoms with Gasteiger partial charge in [-0.2, -0.15) is 0 Å². The fourth-order valence-electron chi connectivity index (χ4n) is 2.79. The van der Waals surface area contributed by atoms with Crippen LogP contribution in [0.15, 0.2) is 48.0 Å². The van der Waals surface area contributed by atoms with Crippen LogP contribution in [0.1, 0.15) is 23.1 Å². The van der Waals surface area contributed by atoms with E-state index >= 15 is 0 Å². The summed E-state index contributed by atoms with van der Waals surface area (Å²) in [5, 5.41) is 9.56. The third kappa shape index (κ3) is 3.14. The number of aliphatic hydroxyl groups excluding tert-OH is 1. The Morgan fingerprint density at radius 2 is 2.00 bits per heavy atom. The van der Waals surface area contributed by atoms with Crippen LogP contribution < -0.4 is 4.90 Å². The lowest BCUT2D eigenvalue weighted by Crippen LogP contribution is -2.30. The number of anilines is 1. The van der Waals surface area contributed by atoms with Crippen molar-refractivity contribution in [1.29, 1.82) is 0 Å². The first-order valence-corrected chi connectivity index (χ1v) is 8.43. The van der Waals surface area contributed by atoms with Gasteiger partial charge in [0.05, 0.1) is 25.3 Å². The molecule has 0 aliphatic carbocycles. The first-order valence-electron chi connectivity index (χ1n) is 7.64. The predicted octanol–water partition coefficient (Wildman–Crippen LogP) is 4.17. The molecule has 1 heterocycles. The lowest BCUT2D eigenvalue weighted by molar-refractivity contribution is -0.118. The van der Waals surface area contributed by atoms with Crippen molar-refractivity contribution in [2.75, 3.05) is 11.5 Å². The first-order chi connectivity index (χ1) is 11.5. The summed E-state index contributed by atoms with van der Waals surface area (Å²) in [6.07, 6.45) is 0.125. The molecule has 24 heavy (non-hydrogen) atoms. The highest BCUT2D eigenvalue weighted by Gasteiger charge is 2.26. The second kappa shape index (κ2) is 6.87. The number of nitrogens with zero attached hydrogens (tertiary/aromatic N) is 1. The maximum Gasteiger partial charge on any atom is 0.231 e. The van der Waals surface area contributed by atoms with Gasteiger partial charge in [0.15, 0.2) is 0 Å². The number of aliphatic hydroxyl groups is 1. The average Bonchev–Trinajstić information content (AvgIpc) is 2.68. The topological polar surface area (TPSA) is 40.5 Å². The van der Waals surface area contributed by atoms with E-state index < -0.39 is 0 Å². The molecule has 1 amide bonds. The van der Waals surface area contributed by atoms with Crippen molar-refractivity contribution in [3.8, 4) is 0 Å². The summed E-state index contributed by atoms with van der Waals surface area (Å²) in [6, 6.07) is 12.5. The number of fused-ring (bicyclic) bond motifs is 1. The molecule has 2 aromatic carbocycles. The molecule has 0 aromatic heterocycles. The van der Waals surface area contributed by atoms with Crippen molar-refractivity contribution >= 4 is 32.0 Å². The maximum absolute atomic E-state index is 13.8. The number of halogens is 2. The number of carbonyl (C=O) groups excluding carboxylic acids is 1. The van der Waals surface area contributed by atoms with Gasteiger partial charge in [0.25, 0.3) is 0 Å². The third-order valence-corrected chi connectivity index (χ3v) is 5.16. The van der Waals surface area contributed by atoms with E-state index in [0.29, 0.717) is 11.1 Å². The van der Waals surface area contributed by atoms with Crippen molar-refractivity contribution in [3.05, 3.63) is 70.5 Å². The Balaban J connectivity index is 2.04.